The summed E-state index contributed by atoms with van der Waals surface area (Å²) in [6.45, 7) is 7.59. The van der Waals surface area contributed by atoms with Crippen LogP contribution in [0.1, 0.15) is 39.5 Å². The molecule has 1 saturated heterocycles. The highest BCUT2D eigenvalue weighted by atomic mass is 32.2. The third-order valence-electron chi connectivity index (χ3n) is 4.04. The molecule has 1 unspecified atom stereocenters. The molecule has 120 valence electrons. The van der Waals surface area contributed by atoms with Crippen molar-refractivity contribution >= 4 is 9.84 Å². The van der Waals surface area contributed by atoms with Gasteiger partial charge >= 0.3 is 0 Å². The molecule has 1 fully saturated rings. The molecule has 1 atom stereocenters. The average molecular weight is 306 g/mol. The summed E-state index contributed by atoms with van der Waals surface area (Å²) in [6.07, 6.45) is 4.13. The van der Waals surface area contributed by atoms with E-state index in [4.69, 9.17) is 0 Å². The number of unbranched alkanes of at least 4 members (excludes halogenated alkanes) is 1. The van der Waals surface area contributed by atoms with E-state index in [1.54, 1.807) is 0 Å². The van der Waals surface area contributed by atoms with Gasteiger partial charge in [0.2, 0.25) is 0 Å². The Labute approximate surface area is 123 Å². The quantitative estimate of drug-likeness (QED) is 0.612. The zero-order valence-electron chi connectivity index (χ0n) is 12.9. The Balaban J connectivity index is 2.18. The molecule has 0 saturated carbocycles. The van der Waals surface area contributed by atoms with Gasteiger partial charge in [-0.05, 0) is 39.3 Å². The van der Waals surface area contributed by atoms with Crippen LogP contribution >= 0.6 is 0 Å². The van der Waals surface area contributed by atoms with E-state index in [1.165, 1.54) is 0 Å². The van der Waals surface area contributed by atoms with E-state index in [2.05, 4.69) is 24.1 Å². The monoisotopic (exact) mass is 306 g/mol. The van der Waals surface area contributed by atoms with Crippen molar-refractivity contribution in [1.82, 2.24) is 10.2 Å². The van der Waals surface area contributed by atoms with Crippen LogP contribution in [0, 0.1) is 0 Å². The van der Waals surface area contributed by atoms with Crippen molar-refractivity contribution < 1.29 is 13.5 Å². The number of aliphatic hydroxyl groups is 1. The van der Waals surface area contributed by atoms with Gasteiger partial charge in [0.25, 0.3) is 0 Å². The van der Waals surface area contributed by atoms with Gasteiger partial charge in [0.05, 0.1) is 18.1 Å². The fourth-order valence-electron chi connectivity index (χ4n) is 2.47. The van der Waals surface area contributed by atoms with Gasteiger partial charge in [0.1, 0.15) is 0 Å². The average Bonchev–Trinajstić information content (AvgIpc) is 2.43. The first-order valence-corrected chi connectivity index (χ1v) is 9.51. The third kappa shape index (κ3) is 6.52. The molecule has 0 bridgehead atoms. The van der Waals surface area contributed by atoms with E-state index in [0.717, 1.165) is 38.8 Å². The standard InChI is InChI=1S/C14H30N2O3S/c1-3-7-15-14(2,13-17)6-4-5-8-16-9-11-20(18,19)12-10-16/h15,17H,3-13H2,1-2H3. The van der Waals surface area contributed by atoms with Crippen molar-refractivity contribution in [2.75, 3.05) is 44.3 Å². The van der Waals surface area contributed by atoms with Gasteiger partial charge < -0.3 is 15.3 Å². The van der Waals surface area contributed by atoms with Crippen LogP contribution in [0.2, 0.25) is 0 Å². The smallest absolute Gasteiger partial charge is 0.152 e. The lowest BCUT2D eigenvalue weighted by Gasteiger charge is -2.30. The maximum Gasteiger partial charge on any atom is 0.152 e. The fraction of sp³-hybridized carbons (Fsp3) is 1.00. The fourth-order valence-corrected chi connectivity index (χ4v) is 3.75. The summed E-state index contributed by atoms with van der Waals surface area (Å²) in [7, 11) is -2.77. The highest BCUT2D eigenvalue weighted by molar-refractivity contribution is 7.91. The van der Waals surface area contributed by atoms with E-state index in [0.29, 0.717) is 24.6 Å². The highest BCUT2D eigenvalue weighted by Crippen LogP contribution is 2.14. The molecule has 6 heteroatoms. The lowest BCUT2D eigenvalue weighted by Crippen LogP contribution is -2.46. The summed E-state index contributed by atoms with van der Waals surface area (Å²) >= 11 is 0. The largest absolute Gasteiger partial charge is 0.394 e. The van der Waals surface area contributed by atoms with Gasteiger partial charge in [-0.1, -0.05) is 13.3 Å². The van der Waals surface area contributed by atoms with E-state index < -0.39 is 9.84 Å². The van der Waals surface area contributed by atoms with Gasteiger partial charge in [-0.2, -0.15) is 0 Å². The Morgan fingerprint density at radius 1 is 1.25 bits per heavy atom. The molecule has 2 N–H and O–H groups in total. The van der Waals surface area contributed by atoms with Crippen LogP contribution in [-0.4, -0.2) is 68.3 Å². The minimum absolute atomic E-state index is 0.162. The van der Waals surface area contributed by atoms with Gasteiger partial charge in [-0.25, -0.2) is 8.42 Å². The second-order valence-corrected chi connectivity index (χ2v) is 8.40. The number of hydrogen-bond acceptors (Lipinski definition) is 5. The van der Waals surface area contributed by atoms with Crippen molar-refractivity contribution in [1.29, 1.82) is 0 Å². The second-order valence-electron chi connectivity index (χ2n) is 6.10. The topological polar surface area (TPSA) is 69.6 Å². The summed E-state index contributed by atoms with van der Waals surface area (Å²) in [4.78, 5) is 2.23. The molecule has 5 nitrogen and oxygen atoms in total. The molecule has 0 radical (unpaired) electrons. The van der Waals surface area contributed by atoms with Gasteiger partial charge in [0.15, 0.2) is 9.84 Å². The first-order valence-electron chi connectivity index (χ1n) is 7.69. The molecule has 0 aromatic heterocycles. The second kappa shape index (κ2) is 8.32. The summed E-state index contributed by atoms with van der Waals surface area (Å²) in [6, 6.07) is 0. The molecular formula is C14H30N2O3S. The zero-order valence-corrected chi connectivity index (χ0v) is 13.7. The normalized spacial score (nSPS) is 22.6. The molecule has 20 heavy (non-hydrogen) atoms. The summed E-state index contributed by atoms with van der Waals surface area (Å²) < 4.78 is 22.7. The van der Waals surface area contributed by atoms with Crippen LogP contribution in [-0.2, 0) is 9.84 Å². The molecule has 0 aromatic rings. The molecular weight excluding hydrogens is 276 g/mol. The molecule has 1 heterocycles. The SMILES string of the molecule is CCCNC(C)(CO)CCCCN1CCS(=O)(=O)CC1. The number of sulfone groups is 1. The van der Waals surface area contributed by atoms with Crippen molar-refractivity contribution in [3.8, 4) is 0 Å². The lowest BCUT2D eigenvalue weighted by atomic mass is 9.95. The lowest BCUT2D eigenvalue weighted by molar-refractivity contribution is 0.161. The Kier molecular flexibility index (Phi) is 7.43. The van der Waals surface area contributed by atoms with Crippen LogP contribution in [0.15, 0.2) is 0 Å². The van der Waals surface area contributed by atoms with Crippen molar-refractivity contribution in [2.24, 2.45) is 0 Å². The number of aliphatic hydroxyl groups excluding tert-OH is 1. The summed E-state index contributed by atoms with van der Waals surface area (Å²) in [5, 5.41) is 12.9. The first-order chi connectivity index (χ1) is 9.41. The summed E-state index contributed by atoms with van der Waals surface area (Å²) in [5.74, 6) is 0.610. The Bertz CT molecular complexity index is 359. The van der Waals surface area contributed by atoms with E-state index in [1.807, 2.05) is 0 Å². The number of nitrogens with one attached hydrogen (secondary N) is 1. The van der Waals surface area contributed by atoms with Crippen LogP contribution in [0.25, 0.3) is 0 Å². The minimum atomic E-state index is -2.77. The maximum absolute atomic E-state index is 11.3. The van der Waals surface area contributed by atoms with Gasteiger partial charge in [-0.15, -0.1) is 0 Å². The van der Waals surface area contributed by atoms with Crippen LogP contribution in [0.4, 0.5) is 0 Å². The van der Waals surface area contributed by atoms with E-state index >= 15 is 0 Å². The van der Waals surface area contributed by atoms with Crippen LogP contribution < -0.4 is 5.32 Å². The third-order valence-corrected chi connectivity index (χ3v) is 5.65. The molecule has 1 aliphatic rings. The zero-order chi connectivity index (χ0) is 15.1. The van der Waals surface area contributed by atoms with Gasteiger partial charge in [-0.3, -0.25) is 0 Å². The predicted octanol–water partition coefficient (Wildman–Crippen LogP) is 0.638. The van der Waals surface area contributed by atoms with E-state index in [9.17, 15) is 13.5 Å². The number of hydrogen-bond donors (Lipinski definition) is 2. The van der Waals surface area contributed by atoms with E-state index in [-0.39, 0.29) is 12.1 Å². The summed E-state index contributed by atoms with van der Waals surface area (Å²) in [5.41, 5.74) is -0.179. The first kappa shape index (κ1) is 17.9. The number of nitrogens with zero attached hydrogens (tertiary/aromatic N) is 1. The molecule has 1 rings (SSSR count). The molecule has 0 aromatic carbocycles. The highest BCUT2D eigenvalue weighted by Gasteiger charge is 2.23. The molecule has 0 amide bonds. The Hall–Kier alpha value is -0.170. The maximum atomic E-state index is 11.3. The molecule has 0 spiro atoms. The van der Waals surface area contributed by atoms with Crippen molar-refractivity contribution in [2.45, 2.75) is 45.1 Å². The van der Waals surface area contributed by atoms with Crippen molar-refractivity contribution in [3.05, 3.63) is 0 Å². The van der Waals surface area contributed by atoms with Gasteiger partial charge in [0, 0.05) is 18.6 Å². The van der Waals surface area contributed by atoms with Crippen molar-refractivity contribution in [3.63, 3.8) is 0 Å². The van der Waals surface area contributed by atoms with Crippen LogP contribution in [0.5, 0.6) is 0 Å². The molecule has 0 aliphatic carbocycles. The van der Waals surface area contributed by atoms with Crippen LogP contribution in [0.3, 0.4) is 0 Å². The Morgan fingerprint density at radius 3 is 2.45 bits per heavy atom. The minimum Gasteiger partial charge on any atom is -0.394 e. The number of rotatable bonds is 9. The molecule has 1 aliphatic heterocycles. The Morgan fingerprint density at radius 2 is 1.90 bits per heavy atom. The predicted molar refractivity (Wildman–Crippen MR) is 82.7 cm³/mol.